The molecule has 5 heteroatoms. The highest BCUT2D eigenvalue weighted by molar-refractivity contribution is 7.92. The van der Waals surface area contributed by atoms with Gasteiger partial charge < -0.3 is 4.74 Å². The fourth-order valence-electron chi connectivity index (χ4n) is 1.75. The van der Waals surface area contributed by atoms with Gasteiger partial charge in [0.25, 0.3) is 0 Å². The zero-order chi connectivity index (χ0) is 10.8. The van der Waals surface area contributed by atoms with E-state index in [-0.39, 0.29) is 6.10 Å². The van der Waals surface area contributed by atoms with Crippen molar-refractivity contribution in [3.8, 4) is 6.07 Å². The molecular formula is C9H15NO3S. The summed E-state index contributed by atoms with van der Waals surface area (Å²) in [5.41, 5.74) is 0. The first kappa shape index (κ1) is 11.5. The van der Waals surface area contributed by atoms with Gasteiger partial charge in [-0.15, -0.1) is 0 Å². The number of ether oxygens (including phenoxy) is 1. The van der Waals surface area contributed by atoms with Gasteiger partial charge in [0, 0.05) is 6.61 Å². The third-order valence-electron chi connectivity index (χ3n) is 2.64. The van der Waals surface area contributed by atoms with Crippen LogP contribution in [0.2, 0.25) is 0 Å². The fraction of sp³-hybridized carbons (Fsp3) is 0.889. The molecule has 1 aliphatic heterocycles. The van der Waals surface area contributed by atoms with Crippen molar-refractivity contribution >= 4 is 9.84 Å². The molecular weight excluding hydrogens is 202 g/mol. The molecule has 0 spiro atoms. The number of hydrogen-bond donors (Lipinski definition) is 0. The second kappa shape index (κ2) is 4.28. The third kappa shape index (κ3) is 1.91. The van der Waals surface area contributed by atoms with E-state index in [4.69, 9.17) is 10.00 Å². The summed E-state index contributed by atoms with van der Waals surface area (Å²) < 4.78 is 29.0. The molecule has 3 unspecified atom stereocenters. The number of hydrogen-bond acceptors (Lipinski definition) is 4. The number of rotatable bonds is 3. The first-order chi connectivity index (χ1) is 6.54. The average Bonchev–Trinajstić information content (AvgIpc) is 2.53. The van der Waals surface area contributed by atoms with Gasteiger partial charge in [-0.25, -0.2) is 8.42 Å². The monoisotopic (exact) mass is 217 g/mol. The molecule has 1 rings (SSSR count). The van der Waals surface area contributed by atoms with E-state index < -0.39 is 20.3 Å². The lowest BCUT2D eigenvalue weighted by atomic mass is 10.3. The molecule has 0 aliphatic carbocycles. The van der Waals surface area contributed by atoms with Crippen LogP contribution in [0.25, 0.3) is 0 Å². The van der Waals surface area contributed by atoms with E-state index in [0.717, 1.165) is 0 Å². The van der Waals surface area contributed by atoms with E-state index in [0.29, 0.717) is 19.4 Å². The molecule has 4 nitrogen and oxygen atoms in total. The molecule has 0 saturated carbocycles. The quantitative estimate of drug-likeness (QED) is 0.703. The highest BCUT2D eigenvalue weighted by atomic mass is 32.2. The molecule has 1 fully saturated rings. The molecule has 0 aromatic carbocycles. The van der Waals surface area contributed by atoms with Gasteiger partial charge >= 0.3 is 0 Å². The molecule has 0 radical (unpaired) electrons. The van der Waals surface area contributed by atoms with Crippen LogP contribution in [0.5, 0.6) is 0 Å². The van der Waals surface area contributed by atoms with Crippen LogP contribution < -0.4 is 0 Å². The Morgan fingerprint density at radius 1 is 1.64 bits per heavy atom. The van der Waals surface area contributed by atoms with E-state index in [1.807, 2.05) is 6.07 Å². The van der Waals surface area contributed by atoms with Crippen molar-refractivity contribution in [2.24, 2.45) is 0 Å². The third-order valence-corrected chi connectivity index (χ3v) is 5.33. The molecule has 0 N–H and O–H groups in total. The van der Waals surface area contributed by atoms with Gasteiger partial charge in [-0.05, 0) is 19.8 Å². The fourth-order valence-corrected chi connectivity index (χ4v) is 3.82. The molecule has 0 bridgehead atoms. The molecule has 3 atom stereocenters. The lowest BCUT2D eigenvalue weighted by molar-refractivity contribution is 0.126. The van der Waals surface area contributed by atoms with Gasteiger partial charge in [0.05, 0.1) is 17.4 Å². The Kier molecular flexibility index (Phi) is 3.51. The van der Waals surface area contributed by atoms with Crippen molar-refractivity contribution in [3.63, 3.8) is 0 Å². The standard InChI is InChI=1S/C9H15NO3S/c1-3-8(6-10)14(11,12)9-4-5-13-7(9)2/h7-9H,3-5H2,1-2H3. The maximum absolute atomic E-state index is 11.9. The van der Waals surface area contributed by atoms with Gasteiger partial charge in [-0.2, -0.15) is 5.26 Å². The normalized spacial score (nSPS) is 29.8. The predicted octanol–water partition coefficient (Wildman–Crippen LogP) is 0.881. The Hall–Kier alpha value is -0.600. The molecule has 0 amide bonds. The van der Waals surface area contributed by atoms with Crippen molar-refractivity contribution in [1.82, 2.24) is 0 Å². The Bertz CT molecular complexity index is 330. The second-order valence-corrected chi connectivity index (χ2v) is 5.87. The summed E-state index contributed by atoms with van der Waals surface area (Å²) in [7, 11) is -3.34. The van der Waals surface area contributed by atoms with Crippen LogP contribution in [0.15, 0.2) is 0 Å². The van der Waals surface area contributed by atoms with E-state index in [2.05, 4.69) is 0 Å². The largest absolute Gasteiger partial charge is 0.377 e. The first-order valence-corrected chi connectivity index (χ1v) is 6.39. The molecule has 14 heavy (non-hydrogen) atoms. The minimum absolute atomic E-state index is 0.276. The molecule has 1 aliphatic rings. The van der Waals surface area contributed by atoms with E-state index in [1.165, 1.54) is 0 Å². The van der Waals surface area contributed by atoms with Gasteiger partial charge in [0.15, 0.2) is 9.84 Å². The van der Waals surface area contributed by atoms with Crippen LogP contribution in [0.3, 0.4) is 0 Å². The average molecular weight is 217 g/mol. The van der Waals surface area contributed by atoms with Gasteiger partial charge in [-0.1, -0.05) is 6.92 Å². The zero-order valence-corrected chi connectivity index (χ0v) is 9.25. The second-order valence-electron chi connectivity index (χ2n) is 3.52. The zero-order valence-electron chi connectivity index (χ0n) is 8.43. The van der Waals surface area contributed by atoms with Crippen LogP contribution >= 0.6 is 0 Å². The lowest BCUT2D eigenvalue weighted by Crippen LogP contribution is -2.35. The summed E-state index contributed by atoms with van der Waals surface area (Å²) in [6.07, 6.45) is 0.589. The van der Waals surface area contributed by atoms with E-state index in [1.54, 1.807) is 13.8 Å². The highest BCUT2D eigenvalue weighted by Gasteiger charge is 2.40. The van der Waals surface area contributed by atoms with Crippen LogP contribution in [-0.4, -0.2) is 31.6 Å². The van der Waals surface area contributed by atoms with Crippen LogP contribution in [0.1, 0.15) is 26.7 Å². The summed E-state index contributed by atoms with van der Waals surface area (Å²) in [5.74, 6) is 0. The maximum Gasteiger partial charge on any atom is 0.171 e. The predicted molar refractivity (Wildman–Crippen MR) is 52.4 cm³/mol. The van der Waals surface area contributed by atoms with E-state index >= 15 is 0 Å². The van der Waals surface area contributed by atoms with E-state index in [9.17, 15) is 8.42 Å². The Balaban J connectivity index is 2.90. The molecule has 0 aromatic heterocycles. The molecule has 1 heterocycles. The highest BCUT2D eigenvalue weighted by Crippen LogP contribution is 2.25. The summed E-state index contributed by atoms with van der Waals surface area (Å²) in [4.78, 5) is 0. The summed E-state index contributed by atoms with van der Waals surface area (Å²) >= 11 is 0. The Morgan fingerprint density at radius 2 is 2.29 bits per heavy atom. The summed E-state index contributed by atoms with van der Waals surface area (Å²) in [5, 5.41) is 7.37. The minimum atomic E-state index is -3.34. The van der Waals surface area contributed by atoms with Crippen molar-refractivity contribution < 1.29 is 13.2 Å². The van der Waals surface area contributed by atoms with Crippen molar-refractivity contribution in [1.29, 1.82) is 5.26 Å². The van der Waals surface area contributed by atoms with Gasteiger partial charge in [0.1, 0.15) is 5.25 Å². The van der Waals surface area contributed by atoms with Crippen LogP contribution in [0, 0.1) is 11.3 Å². The van der Waals surface area contributed by atoms with Gasteiger partial charge in [0.2, 0.25) is 0 Å². The smallest absolute Gasteiger partial charge is 0.171 e. The SMILES string of the molecule is CCC(C#N)S(=O)(=O)C1CCOC1C. The lowest BCUT2D eigenvalue weighted by Gasteiger charge is -2.17. The van der Waals surface area contributed by atoms with Crippen molar-refractivity contribution in [2.75, 3.05) is 6.61 Å². The van der Waals surface area contributed by atoms with Crippen LogP contribution in [0.4, 0.5) is 0 Å². The van der Waals surface area contributed by atoms with Gasteiger partial charge in [-0.3, -0.25) is 0 Å². The minimum Gasteiger partial charge on any atom is -0.377 e. The number of nitrogens with zero attached hydrogens (tertiary/aromatic N) is 1. The topological polar surface area (TPSA) is 67.2 Å². The van der Waals surface area contributed by atoms with Crippen molar-refractivity contribution in [3.05, 3.63) is 0 Å². The molecule has 0 aromatic rings. The first-order valence-electron chi connectivity index (χ1n) is 4.78. The summed E-state index contributed by atoms with van der Waals surface area (Å²) in [6, 6.07) is 1.85. The summed E-state index contributed by atoms with van der Waals surface area (Å²) in [6.45, 7) is 3.94. The maximum atomic E-state index is 11.9. The van der Waals surface area contributed by atoms with Crippen LogP contribution in [-0.2, 0) is 14.6 Å². The Morgan fingerprint density at radius 3 is 2.64 bits per heavy atom. The Labute approximate surface area is 84.8 Å². The number of sulfone groups is 1. The molecule has 80 valence electrons. The molecule has 1 saturated heterocycles. The number of nitriles is 1. The van der Waals surface area contributed by atoms with Crippen molar-refractivity contribution in [2.45, 2.75) is 43.3 Å².